The van der Waals surface area contributed by atoms with E-state index >= 15 is 0 Å². The molecule has 0 N–H and O–H groups in total. The highest BCUT2D eigenvalue weighted by atomic mass is 32.1. The minimum atomic E-state index is 0.0766. The molecule has 1 fully saturated rings. The van der Waals surface area contributed by atoms with Crippen LogP contribution >= 0.6 is 11.5 Å². The van der Waals surface area contributed by atoms with Gasteiger partial charge in [0.05, 0.1) is 0 Å². The molecule has 2 aromatic rings. The zero-order chi connectivity index (χ0) is 14.7. The standard InChI is InChI=1S/C14H17N5OS/c1-11-16-14(21-17-11)19-8-2-7-18(9-10-19)13(20)12-3-5-15-6-4-12/h3-6H,2,7-10H2,1H3. The Kier molecular flexibility index (Phi) is 4.10. The van der Waals surface area contributed by atoms with Crippen molar-refractivity contribution in [3.8, 4) is 0 Å². The van der Waals surface area contributed by atoms with E-state index in [9.17, 15) is 4.79 Å². The highest BCUT2D eigenvalue weighted by molar-refractivity contribution is 7.09. The van der Waals surface area contributed by atoms with E-state index in [0.29, 0.717) is 12.1 Å². The van der Waals surface area contributed by atoms with Crippen molar-refractivity contribution >= 4 is 22.6 Å². The molecule has 0 radical (unpaired) electrons. The number of aromatic nitrogens is 3. The van der Waals surface area contributed by atoms with Crippen LogP contribution in [0.25, 0.3) is 0 Å². The minimum Gasteiger partial charge on any atom is -0.345 e. The summed E-state index contributed by atoms with van der Waals surface area (Å²) in [5.41, 5.74) is 0.699. The Morgan fingerprint density at radius 1 is 1.19 bits per heavy atom. The molecule has 1 aliphatic heterocycles. The molecule has 7 heteroatoms. The molecule has 6 nitrogen and oxygen atoms in total. The van der Waals surface area contributed by atoms with Crippen molar-refractivity contribution in [2.24, 2.45) is 0 Å². The van der Waals surface area contributed by atoms with Crippen molar-refractivity contribution in [2.45, 2.75) is 13.3 Å². The number of hydrogen-bond donors (Lipinski definition) is 0. The molecule has 0 unspecified atom stereocenters. The highest BCUT2D eigenvalue weighted by Crippen LogP contribution is 2.19. The summed E-state index contributed by atoms with van der Waals surface area (Å²) in [7, 11) is 0. The van der Waals surface area contributed by atoms with Gasteiger partial charge in [0.15, 0.2) is 0 Å². The van der Waals surface area contributed by atoms with Crippen molar-refractivity contribution in [1.82, 2.24) is 19.2 Å². The van der Waals surface area contributed by atoms with Crippen LogP contribution in [0.5, 0.6) is 0 Å². The van der Waals surface area contributed by atoms with Crippen LogP contribution in [0, 0.1) is 6.92 Å². The van der Waals surface area contributed by atoms with Gasteiger partial charge in [0.25, 0.3) is 5.91 Å². The topological polar surface area (TPSA) is 62.2 Å². The van der Waals surface area contributed by atoms with Gasteiger partial charge in [-0.25, -0.2) is 4.98 Å². The van der Waals surface area contributed by atoms with Crippen molar-refractivity contribution in [1.29, 1.82) is 0 Å². The second kappa shape index (κ2) is 6.17. The number of nitrogens with zero attached hydrogens (tertiary/aromatic N) is 5. The number of amides is 1. The first kappa shape index (κ1) is 13.9. The van der Waals surface area contributed by atoms with Crippen LogP contribution in [0.3, 0.4) is 0 Å². The zero-order valence-corrected chi connectivity index (χ0v) is 12.7. The Morgan fingerprint density at radius 2 is 2.00 bits per heavy atom. The molecule has 3 rings (SSSR count). The average molecular weight is 303 g/mol. The maximum absolute atomic E-state index is 12.5. The fourth-order valence-corrected chi connectivity index (χ4v) is 3.13. The van der Waals surface area contributed by atoms with Crippen LogP contribution in [0.4, 0.5) is 5.13 Å². The van der Waals surface area contributed by atoms with Gasteiger partial charge in [-0.3, -0.25) is 9.78 Å². The predicted molar refractivity (Wildman–Crippen MR) is 81.6 cm³/mol. The third kappa shape index (κ3) is 3.18. The number of aryl methyl sites for hydroxylation is 1. The van der Waals surface area contributed by atoms with E-state index in [1.807, 2.05) is 11.8 Å². The molecule has 110 valence electrons. The maximum Gasteiger partial charge on any atom is 0.254 e. The van der Waals surface area contributed by atoms with Crippen LogP contribution in [0.1, 0.15) is 22.6 Å². The van der Waals surface area contributed by atoms with Crippen molar-refractivity contribution < 1.29 is 4.79 Å². The normalized spacial score (nSPS) is 15.9. The van der Waals surface area contributed by atoms with E-state index in [2.05, 4.69) is 19.2 Å². The summed E-state index contributed by atoms with van der Waals surface area (Å²) in [4.78, 5) is 25.0. The van der Waals surface area contributed by atoms with Crippen molar-refractivity contribution in [3.63, 3.8) is 0 Å². The molecule has 3 heterocycles. The molecule has 1 saturated heterocycles. The second-order valence-electron chi connectivity index (χ2n) is 4.99. The second-order valence-corrected chi connectivity index (χ2v) is 5.72. The van der Waals surface area contributed by atoms with E-state index in [4.69, 9.17) is 0 Å². The van der Waals surface area contributed by atoms with Gasteiger partial charge in [0.1, 0.15) is 5.82 Å². The minimum absolute atomic E-state index is 0.0766. The molecule has 1 amide bonds. The number of anilines is 1. The third-order valence-corrected chi connectivity index (χ3v) is 4.37. The van der Waals surface area contributed by atoms with Gasteiger partial charge in [-0.05, 0) is 25.5 Å². The lowest BCUT2D eigenvalue weighted by Crippen LogP contribution is -2.35. The largest absolute Gasteiger partial charge is 0.345 e. The zero-order valence-electron chi connectivity index (χ0n) is 11.9. The number of carbonyl (C=O) groups excluding carboxylic acids is 1. The quantitative estimate of drug-likeness (QED) is 0.843. The number of carbonyl (C=O) groups is 1. The molecular weight excluding hydrogens is 286 g/mol. The summed E-state index contributed by atoms with van der Waals surface area (Å²) in [5, 5.41) is 0.950. The third-order valence-electron chi connectivity index (χ3n) is 3.50. The summed E-state index contributed by atoms with van der Waals surface area (Å²) in [6.45, 7) is 5.09. The molecule has 0 atom stereocenters. The summed E-state index contributed by atoms with van der Waals surface area (Å²) in [5.74, 6) is 0.886. The highest BCUT2D eigenvalue weighted by Gasteiger charge is 2.21. The molecular formula is C14H17N5OS. The molecule has 2 aromatic heterocycles. The average Bonchev–Trinajstić information content (AvgIpc) is 2.81. The van der Waals surface area contributed by atoms with Crippen LogP contribution in [0.2, 0.25) is 0 Å². The first-order chi connectivity index (χ1) is 10.2. The summed E-state index contributed by atoms with van der Waals surface area (Å²) >= 11 is 1.42. The molecule has 0 aromatic carbocycles. The van der Waals surface area contributed by atoms with E-state index < -0.39 is 0 Å². The van der Waals surface area contributed by atoms with Gasteiger partial charge in [-0.1, -0.05) is 0 Å². The van der Waals surface area contributed by atoms with Gasteiger partial charge >= 0.3 is 0 Å². The smallest absolute Gasteiger partial charge is 0.254 e. The Balaban J connectivity index is 1.67. The number of rotatable bonds is 2. The van der Waals surface area contributed by atoms with E-state index in [1.165, 1.54) is 11.5 Å². The van der Waals surface area contributed by atoms with Gasteiger partial charge in [-0.15, -0.1) is 0 Å². The lowest BCUT2D eigenvalue weighted by Gasteiger charge is -2.21. The van der Waals surface area contributed by atoms with Crippen LogP contribution < -0.4 is 4.90 Å². The number of hydrogen-bond acceptors (Lipinski definition) is 6. The lowest BCUT2D eigenvalue weighted by molar-refractivity contribution is 0.0767. The Hall–Kier alpha value is -2.02. The molecule has 0 spiro atoms. The molecule has 21 heavy (non-hydrogen) atoms. The van der Waals surface area contributed by atoms with Gasteiger partial charge in [0, 0.05) is 55.7 Å². The first-order valence-electron chi connectivity index (χ1n) is 6.98. The molecule has 0 bridgehead atoms. The summed E-state index contributed by atoms with van der Waals surface area (Å²) < 4.78 is 4.23. The van der Waals surface area contributed by atoms with E-state index in [-0.39, 0.29) is 5.91 Å². The fourth-order valence-electron chi connectivity index (χ4n) is 2.40. The number of pyridine rings is 1. The monoisotopic (exact) mass is 303 g/mol. The fraction of sp³-hybridized carbons (Fsp3) is 0.429. The summed E-state index contributed by atoms with van der Waals surface area (Å²) in [6, 6.07) is 3.53. The van der Waals surface area contributed by atoms with Gasteiger partial charge in [0.2, 0.25) is 5.13 Å². The summed E-state index contributed by atoms with van der Waals surface area (Å²) in [6.07, 6.45) is 4.25. The van der Waals surface area contributed by atoms with Crippen LogP contribution in [0.15, 0.2) is 24.5 Å². The van der Waals surface area contributed by atoms with Crippen LogP contribution in [-0.2, 0) is 0 Å². The first-order valence-corrected chi connectivity index (χ1v) is 7.76. The molecule has 0 aliphatic carbocycles. The Bertz CT molecular complexity index is 615. The van der Waals surface area contributed by atoms with E-state index in [1.54, 1.807) is 24.5 Å². The maximum atomic E-state index is 12.5. The SMILES string of the molecule is Cc1nsc(N2CCCN(C(=O)c3ccncc3)CC2)n1. The van der Waals surface area contributed by atoms with Crippen molar-refractivity contribution in [2.75, 3.05) is 31.1 Å². The van der Waals surface area contributed by atoms with E-state index in [0.717, 1.165) is 37.0 Å². The van der Waals surface area contributed by atoms with Crippen LogP contribution in [-0.4, -0.2) is 51.3 Å². The Labute approximate surface area is 127 Å². The molecule has 1 aliphatic rings. The van der Waals surface area contributed by atoms with Gasteiger partial charge < -0.3 is 9.80 Å². The van der Waals surface area contributed by atoms with Crippen molar-refractivity contribution in [3.05, 3.63) is 35.9 Å². The van der Waals surface area contributed by atoms with Gasteiger partial charge in [-0.2, -0.15) is 4.37 Å². The lowest BCUT2D eigenvalue weighted by atomic mass is 10.2. The predicted octanol–water partition coefficient (Wildman–Crippen LogP) is 1.59. The Morgan fingerprint density at radius 3 is 2.71 bits per heavy atom. The molecule has 0 saturated carbocycles.